The van der Waals surface area contributed by atoms with Crippen LogP contribution in [0, 0.1) is 5.92 Å². The van der Waals surface area contributed by atoms with Crippen LogP contribution in [0.25, 0.3) is 0 Å². The molecule has 2 aliphatic heterocycles. The van der Waals surface area contributed by atoms with Gasteiger partial charge in [-0.15, -0.1) is 0 Å². The summed E-state index contributed by atoms with van der Waals surface area (Å²) >= 11 is 0. The van der Waals surface area contributed by atoms with Crippen molar-refractivity contribution in [2.75, 3.05) is 33.4 Å². The van der Waals surface area contributed by atoms with Gasteiger partial charge in [0.05, 0.1) is 12.2 Å². The Morgan fingerprint density at radius 3 is 3.06 bits per heavy atom. The van der Waals surface area contributed by atoms with Gasteiger partial charge in [-0.05, 0) is 32.9 Å². The number of nitrogens with one attached hydrogen (secondary N) is 1. The van der Waals surface area contributed by atoms with E-state index in [1.807, 2.05) is 7.05 Å². The molecule has 4 nitrogen and oxygen atoms in total. The van der Waals surface area contributed by atoms with Crippen molar-refractivity contribution in [3.63, 3.8) is 0 Å². The molecular weight excluding hydrogens is 218 g/mol. The first-order valence-corrected chi connectivity index (χ1v) is 6.65. The lowest BCUT2D eigenvalue weighted by Gasteiger charge is -2.36. The Hall–Kier alpha value is -0.450. The Morgan fingerprint density at radius 2 is 2.35 bits per heavy atom. The van der Waals surface area contributed by atoms with Crippen LogP contribution < -0.4 is 5.32 Å². The van der Waals surface area contributed by atoms with Crippen LogP contribution in [0.1, 0.15) is 32.1 Å². The van der Waals surface area contributed by atoms with Crippen LogP contribution in [0.5, 0.6) is 0 Å². The molecule has 0 amide bonds. The molecule has 4 heteroatoms. The molecule has 0 radical (unpaired) electrons. The van der Waals surface area contributed by atoms with Crippen molar-refractivity contribution in [3.8, 4) is 0 Å². The second-order valence-corrected chi connectivity index (χ2v) is 5.20. The summed E-state index contributed by atoms with van der Waals surface area (Å²) in [6.45, 7) is 3.09. The number of carbonyl (C=O) groups is 1. The van der Waals surface area contributed by atoms with Gasteiger partial charge >= 0.3 is 0 Å². The minimum absolute atomic E-state index is 0.137. The average Bonchev–Trinajstić information content (AvgIpc) is 2.77. The van der Waals surface area contributed by atoms with E-state index in [4.69, 9.17) is 9.47 Å². The summed E-state index contributed by atoms with van der Waals surface area (Å²) in [5, 5.41) is 3.08. The van der Waals surface area contributed by atoms with Crippen LogP contribution in [-0.4, -0.2) is 44.8 Å². The second-order valence-electron chi connectivity index (χ2n) is 5.20. The molecule has 98 valence electrons. The summed E-state index contributed by atoms with van der Waals surface area (Å²) in [4.78, 5) is 12.1. The van der Waals surface area contributed by atoms with E-state index in [0.717, 1.165) is 38.8 Å². The van der Waals surface area contributed by atoms with E-state index in [1.165, 1.54) is 0 Å². The normalized spacial score (nSPS) is 33.1. The van der Waals surface area contributed by atoms with E-state index < -0.39 is 0 Å². The van der Waals surface area contributed by atoms with Gasteiger partial charge in [-0.25, -0.2) is 0 Å². The van der Waals surface area contributed by atoms with Crippen LogP contribution in [0.3, 0.4) is 0 Å². The predicted molar refractivity (Wildman–Crippen MR) is 65.0 cm³/mol. The maximum absolute atomic E-state index is 12.1. The third kappa shape index (κ3) is 3.27. The number of hydrogen-bond acceptors (Lipinski definition) is 4. The lowest BCUT2D eigenvalue weighted by molar-refractivity contribution is -0.137. The quantitative estimate of drug-likeness (QED) is 0.733. The molecule has 2 heterocycles. The summed E-state index contributed by atoms with van der Waals surface area (Å²) in [6.07, 6.45) is 4.34. The Balaban J connectivity index is 1.82. The van der Waals surface area contributed by atoms with Crippen molar-refractivity contribution >= 4 is 5.78 Å². The Kier molecular flexibility index (Phi) is 4.54. The minimum Gasteiger partial charge on any atom is -0.378 e. The van der Waals surface area contributed by atoms with Crippen molar-refractivity contribution < 1.29 is 14.3 Å². The van der Waals surface area contributed by atoms with E-state index in [0.29, 0.717) is 25.4 Å². The molecule has 0 aromatic rings. The van der Waals surface area contributed by atoms with Gasteiger partial charge in [-0.3, -0.25) is 4.79 Å². The van der Waals surface area contributed by atoms with Crippen molar-refractivity contribution in [1.29, 1.82) is 0 Å². The number of Topliss-reactive ketones (excluding diaryl/α,β-unsaturated/α-hetero) is 1. The monoisotopic (exact) mass is 241 g/mol. The van der Waals surface area contributed by atoms with Gasteiger partial charge in [-0.1, -0.05) is 0 Å². The molecule has 2 unspecified atom stereocenters. The van der Waals surface area contributed by atoms with E-state index >= 15 is 0 Å². The topological polar surface area (TPSA) is 47.6 Å². The first-order valence-electron chi connectivity index (χ1n) is 6.65. The molecule has 0 saturated carbocycles. The van der Waals surface area contributed by atoms with Crippen molar-refractivity contribution in [3.05, 3.63) is 0 Å². The smallest absolute Gasteiger partial charge is 0.136 e. The average molecular weight is 241 g/mol. The van der Waals surface area contributed by atoms with Crippen molar-refractivity contribution in [1.82, 2.24) is 5.32 Å². The van der Waals surface area contributed by atoms with Gasteiger partial charge < -0.3 is 14.8 Å². The molecule has 0 aromatic heterocycles. The van der Waals surface area contributed by atoms with Gasteiger partial charge in [-0.2, -0.15) is 0 Å². The fourth-order valence-corrected chi connectivity index (χ4v) is 2.81. The fourth-order valence-electron chi connectivity index (χ4n) is 2.81. The SMILES string of the molecule is CNCCCC(=O)C1CCOC2(CCOC2)C1. The maximum Gasteiger partial charge on any atom is 0.136 e. The third-order valence-corrected chi connectivity index (χ3v) is 3.87. The zero-order valence-corrected chi connectivity index (χ0v) is 10.7. The second kappa shape index (κ2) is 5.94. The van der Waals surface area contributed by atoms with Crippen molar-refractivity contribution in [2.45, 2.75) is 37.7 Å². The van der Waals surface area contributed by atoms with Gasteiger partial charge in [0.1, 0.15) is 5.78 Å². The predicted octanol–water partition coefficient (Wildman–Crippen LogP) is 1.14. The highest BCUT2D eigenvalue weighted by Gasteiger charge is 2.42. The fraction of sp³-hybridized carbons (Fsp3) is 0.923. The highest BCUT2D eigenvalue weighted by Crippen LogP contribution is 2.36. The Bertz CT molecular complexity index is 261. The molecule has 2 rings (SSSR count). The molecule has 17 heavy (non-hydrogen) atoms. The van der Waals surface area contributed by atoms with E-state index in [1.54, 1.807) is 0 Å². The molecule has 1 N–H and O–H groups in total. The standard InChI is InChI=1S/C13H23NO3/c1-14-6-2-3-12(15)11-4-7-17-13(9-11)5-8-16-10-13/h11,14H,2-10H2,1H3. The highest BCUT2D eigenvalue weighted by atomic mass is 16.6. The molecule has 2 atom stereocenters. The Morgan fingerprint density at radius 1 is 1.47 bits per heavy atom. The summed E-state index contributed by atoms with van der Waals surface area (Å²) in [5.41, 5.74) is -0.137. The first kappa shape index (κ1) is 13.0. The van der Waals surface area contributed by atoms with Crippen LogP contribution in [0.15, 0.2) is 0 Å². The maximum atomic E-state index is 12.1. The lowest BCUT2D eigenvalue weighted by atomic mass is 9.82. The molecule has 2 saturated heterocycles. The molecule has 2 fully saturated rings. The van der Waals surface area contributed by atoms with Crippen molar-refractivity contribution in [2.24, 2.45) is 5.92 Å². The molecule has 2 aliphatic rings. The summed E-state index contributed by atoms with van der Waals surface area (Å²) in [6, 6.07) is 0. The first-order chi connectivity index (χ1) is 8.26. The molecule has 1 spiro atoms. The van der Waals surface area contributed by atoms with Crippen LogP contribution in [0.4, 0.5) is 0 Å². The number of ketones is 1. The summed E-state index contributed by atoms with van der Waals surface area (Å²) < 4.78 is 11.3. The minimum atomic E-state index is -0.137. The van der Waals surface area contributed by atoms with E-state index in [-0.39, 0.29) is 11.5 Å². The van der Waals surface area contributed by atoms with Gasteiger partial charge in [0.15, 0.2) is 0 Å². The number of carbonyl (C=O) groups excluding carboxylic acids is 1. The Labute approximate surface area is 103 Å². The molecular formula is C13H23NO3. The van der Waals surface area contributed by atoms with Crippen LogP contribution in [-0.2, 0) is 14.3 Å². The highest BCUT2D eigenvalue weighted by molar-refractivity contribution is 5.81. The zero-order valence-electron chi connectivity index (χ0n) is 10.7. The van der Waals surface area contributed by atoms with E-state index in [9.17, 15) is 4.79 Å². The van der Waals surface area contributed by atoms with Gasteiger partial charge in [0.2, 0.25) is 0 Å². The molecule has 0 aliphatic carbocycles. The number of rotatable bonds is 5. The zero-order chi connectivity index (χ0) is 12.1. The summed E-state index contributed by atoms with van der Waals surface area (Å²) in [5.74, 6) is 0.608. The number of ether oxygens (including phenoxy) is 2. The molecule has 0 bridgehead atoms. The molecule has 0 aromatic carbocycles. The third-order valence-electron chi connectivity index (χ3n) is 3.87. The van der Waals surface area contributed by atoms with Crippen LogP contribution >= 0.6 is 0 Å². The largest absolute Gasteiger partial charge is 0.378 e. The van der Waals surface area contributed by atoms with Gasteiger partial charge in [0.25, 0.3) is 0 Å². The summed E-state index contributed by atoms with van der Waals surface area (Å²) in [7, 11) is 1.92. The number of hydrogen-bond donors (Lipinski definition) is 1. The van der Waals surface area contributed by atoms with E-state index in [2.05, 4.69) is 5.32 Å². The van der Waals surface area contributed by atoms with Crippen LogP contribution in [0.2, 0.25) is 0 Å². The van der Waals surface area contributed by atoms with Gasteiger partial charge in [0, 0.05) is 32.0 Å². The lowest BCUT2D eigenvalue weighted by Crippen LogP contribution is -2.42.